The Morgan fingerprint density at radius 2 is 1.92 bits per heavy atom. The molecule has 0 aliphatic carbocycles. The van der Waals surface area contributed by atoms with Crippen LogP contribution in [0, 0.1) is 3.57 Å². The molecule has 0 heterocycles. The van der Waals surface area contributed by atoms with Gasteiger partial charge in [0.15, 0.2) is 0 Å². The molecule has 0 N–H and O–H groups in total. The average molecular weight is 365 g/mol. The van der Waals surface area contributed by atoms with Crippen molar-refractivity contribution in [2.24, 2.45) is 0 Å². The molecule has 0 amide bonds. The highest BCUT2D eigenvalue weighted by molar-refractivity contribution is 14.1. The van der Waals surface area contributed by atoms with Crippen molar-refractivity contribution in [1.29, 1.82) is 0 Å². The van der Waals surface area contributed by atoms with Crippen LogP contribution in [0.2, 0.25) is 0 Å². The van der Waals surface area contributed by atoms with Crippen LogP contribution in [0.15, 0.2) is 22.7 Å². The second-order valence-electron chi connectivity index (χ2n) is 2.53. The largest absolute Gasteiger partial charge is 0.393 e. The third kappa shape index (κ3) is 3.84. The van der Waals surface area contributed by atoms with Gasteiger partial charge >= 0.3 is 6.18 Å². The summed E-state index contributed by atoms with van der Waals surface area (Å²) < 4.78 is 37.4. The van der Waals surface area contributed by atoms with Crippen LogP contribution in [-0.2, 0) is 6.42 Å². The van der Waals surface area contributed by atoms with Crippen LogP contribution in [0.5, 0.6) is 0 Å². The van der Waals surface area contributed by atoms with Crippen molar-refractivity contribution in [3.8, 4) is 0 Å². The number of hydrogen-bond acceptors (Lipinski definition) is 0. The molecule has 0 atom stereocenters. The minimum Gasteiger partial charge on any atom is -0.171 e. The first-order chi connectivity index (χ1) is 5.88. The molecular weight excluding hydrogens is 360 g/mol. The first-order valence-electron chi connectivity index (χ1n) is 3.39. The molecule has 1 rings (SSSR count). The molecule has 0 bridgehead atoms. The van der Waals surface area contributed by atoms with Crippen molar-refractivity contribution < 1.29 is 13.2 Å². The topological polar surface area (TPSA) is 0 Å². The molecule has 72 valence electrons. The van der Waals surface area contributed by atoms with E-state index in [-0.39, 0.29) is 5.56 Å². The Hall–Kier alpha value is 0.220. The van der Waals surface area contributed by atoms with Gasteiger partial charge in [-0.25, -0.2) is 0 Å². The van der Waals surface area contributed by atoms with Gasteiger partial charge in [-0.15, -0.1) is 0 Å². The maximum Gasteiger partial charge on any atom is 0.393 e. The molecule has 0 aromatic heterocycles. The van der Waals surface area contributed by atoms with Gasteiger partial charge in [-0.05, 0) is 46.4 Å². The minimum absolute atomic E-state index is 0.277. The second-order valence-corrected chi connectivity index (χ2v) is 4.63. The van der Waals surface area contributed by atoms with Crippen LogP contribution < -0.4 is 0 Å². The predicted octanol–water partition coefficient (Wildman–Crippen LogP) is 4.16. The van der Waals surface area contributed by atoms with E-state index in [4.69, 9.17) is 0 Å². The normalized spacial score (nSPS) is 11.8. The van der Waals surface area contributed by atoms with Gasteiger partial charge < -0.3 is 0 Å². The zero-order chi connectivity index (χ0) is 10.1. The lowest BCUT2D eigenvalue weighted by Crippen LogP contribution is -2.12. The van der Waals surface area contributed by atoms with Crippen molar-refractivity contribution in [3.05, 3.63) is 31.8 Å². The SMILES string of the molecule is FC(F)(F)Cc1cc(I)ccc1Br. The molecule has 0 saturated carbocycles. The monoisotopic (exact) mass is 364 g/mol. The molecule has 0 nitrogen and oxygen atoms in total. The third-order valence-corrected chi connectivity index (χ3v) is 2.84. The van der Waals surface area contributed by atoms with Crippen LogP contribution >= 0.6 is 38.5 Å². The molecule has 0 aliphatic rings. The molecular formula is C8H5BrF3I. The molecule has 0 fully saturated rings. The van der Waals surface area contributed by atoms with Gasteiger partial charge in [0, 0.05) is 8.04 Å². The molecule has 5 heteroatoms. The molecule has 1 aromatic rings. The van der Waals surface area contributed by atoms with E-state index in [1.54, 1.807) is 12.1 Å². The number of alkyl halides is 3. The lowest BCUT2D eigenvalue weighted by atomic mass is 10.1. The number of rotatable bonds is 1. The molecule has 13 heavy (non-hydrogen) atoms. The summed E-state index contributed by atoms with van der Waals surface area (Å²) in [6.07, 6.45) is -5.03. The summed E-state index contributed by atoms with van der Waals surface area (Å²) in [5.74, 6) is 0. The third-order valence-electron chi connectivity index (χ3n) is 1.40. The van der Waals surface area contributed by atoms with E-state index in [0.29, 0.717) is 4.47 Å². The maximum absolute atomic E-state index is 12.0. The standard InChI is InChI=1S/C8H5BrF3I/c9-7-2-1-6(13)3-5(7)4-8(10,11)12/h1-3H,4H2. The van der Waals surface area contributed by atoms with E-state index >= 15 is 0 Å². The Kier molecular flexibility index (Phi) is 3.62. The molecule has 0 saturated heterocycles. The summed E-state index contributed by atoms with van der Waals surface area (Å²) in [6, 6.07) is 4.91. The van der Waals surface area contributed by atoms with E-state index in [2.05, 4.69) is 15.9 Å². The van der Waals surface area contributed by atoms with E-state index in [0.717, 1.165) is 3.57 Å². The minimum atomic E-state index is -4.15. The smallest absolute Gasteiger partial charge is 0.171 e. The number of benzene rings is 1. The van der Waals surface area contributed by atoms with E-state index in [1.165, 1.54) is 6.07 Å². The fourth-order valence-electron chi connectivity index (χ4n) is 0.895. The number of hydrogen-bond donors (Lipinski definition) is 0. The Morgan fingerprint density at radius 1 is 1.31 bits per heavy atom. The summed E-state index contributed by atoms with van der Waals surface area (Å²) in [4.78, 5) is 0. The zero-order valence-electron chi connectivity index (χ0n) is 6.33. The zero-order valence-corrected chi connectivity index (χ0v) is 10.1. The predicted molar refractivity (Wildman–Crippen MR) is 56.6 cm³/mol. The summed E-state index contributed by atoms with van der Waals surface area (Å²) in [5, 5.41) is 0. The maximum atomic E-state index is 12.0. The van der Waals surface area contributed by atoms with Gasteiger partial charge in [0.25, 0.3) is 0 Å². The van der Waals surface area contributed by atoms with Crippen molar-refractivity contribution in [2.75, 3.05) is 0 Å². The molecule has 0 spiro atoms. The van der Waals surface area contributed by atoms with E-state index < -0.39 is 12.6 Å². The van der Waals surface area contributed by atoms with E-state index in [9.17, 15) is 13.2 Å². The molecule has 0 radical (unpaired) electrons. The van der Waals surface area contributed by atoms with Gasteiger partial charge in [0.1, 0.15) is 0 Å². The molecule has 0 unspecified atom stereocenters. The van der Waals surface area contributed by atoms with Gasteiger partial charge in [-0.2, -0.15) is 13.2 Å². The average Bonchev–Trinajstić information content (AvgIpc) is 1.94. The van der Waals surface area contributed by atoms with Crippen LogP contribution in [-0.4, -0.2) is 6.18 Å². The lowest BCUT2D eigenvalue weighted by Gasteiger charge is -2.08. The highest BCUT2D eigenvalue weighted by atomic mass is 127. The van der Waals surface area contributed by atoms with Crippen molar-refractivity contribution in [2.45, 2.75) is 12.6 Å². The highest BCUT2D eigenvalue weighted by Crippen LogP contribution is 2.27. The lowest BCUT2D eigenvalue weighted by molar-refractivity contribution is -0.127. The van der Waals surface area contributed by atoms with Crippen molar-refractivity contribution >= 4 is 38.5 Å². The second kappa shape index (κ2) is 4.16. The Balaban J connectivity index is 2.94. The summed E-state index contributed by atoms with van der Waals surface area (Å²) in [5.41, 5.74) is 0.277. The quantitative estimate of drug-likeness (QED) is 0.656. The molecule has 1 aromatic carbocycles. The highest BCUT2D eigenvalue weighted by Gasteiger charge is 2.28. The fourth-order valence-corrected chi connectivity index (χ4v) is 1.84. The van der Waals surface area contributed by atoms with Crippen LogP contribution in [0.25, 0.3) is 0 Å². The summed E-state index contributed by atoms with van der Waals surface area (Å²) >= 11 is 5.07. The first-order valence-corrected chi connectivity index (χ1v) is 5.26. The van der Waals surface area contributed by atoms with Gasteiger partial charge in [0.05, 0.1) is 6.42 Å². The van der Waals surface area contributed by atoms with Crippen LogP contribution in [0.4, 0.5) is 13.2 Å². The Labute approximate surface area is 95.8 Å². The molecule has 0 aliphatic heterocycles. The van der Waals surface area contributed by atoms with E-state index in [1.807, 2.05) is 22.6 Å². The van der Waals surface area contributed by atoms with Gasteiger partial charge in [0.2, 0.25) is 0 Å². The van der Waals surface area contributed by atoms with Gasteiger partial charge in [-0.3, -0.25) is 0 Å². The Morgan fingerprint density at radius 3 is 2.46 bits per heavy atom. The fraction of sp³-hybridized carbons (Fsp3) is 0.250. The van der Waals surface area contributed by atoms with Crippen molar-refractivity contribution in [1.82, 2.24) is 0 Å². The van der Waals surface area contributed by atoms with Crippen molar-refractivity contribution in [3.63, 3.8) is 0 Å². The summed E-state index contributed by atoms with van der Waals surface area (Å²) in [6.45, 7) is 0. The van der Waals surface area contributed by atoms with Crippen LogP contribution in [0.3, 0.4) is 0 Å². The summed E-state index contributed by atoms with van der Waals surface area (Å²) in [7, 11) is 0. The van der Waals surface area contributed by atoms with Gasteiger partial charge in [-0.1, -0.05) is 15.9 Å². The first kappa shape index (κ1) is 11.3. The van der Waals surface area contributed by atoms with Crippen LogP contribution in [0.1, 0.15) is 5.56 Å². The number of halogens is 5. The Bertz CT molecular complexity index is 309.